The van der Waals surface area contributed by atoms with Crippen molar-refractivity contribution in [1.82, 2.24) is 10.2 Å². The van der Waals surface area contributed by atoms with Gasteiger partial charge in [-0.1, -0.05) is 42.2 Å². The normalized spacial score (nSPS) is 10.6. The highest BCUT2D eigenvalue weighted by Gasteiger charge is 2.10. The van der Waals surface area contributed by atoms with Crippen molar-refractivity contribution in [3.63, 3.8) is 0 Å². The van der Waals surface area contributed by atoms with E-state index >= 15 is 0 Å². The zero-order valence-corrected chi connectivity index (χ0v) is 17.2. The molecule has 0 saturated heterocycles. The Morgan fingerprint density at radius 2 is 1.83 bits per heavy atom. The van der Waals surface area contributed by atoms with Crippen LogP contribution in [0.5, 0.6) is 5.75 Å². The molecule has 0 aliphatic rings. The number of ketones is 1. The van der Waals surface area contributed by atoms with E-state index < -0.39 is 0 Å². The first kappa shape index (κ1) is 20.9. The Kier molecular flexibility index (Phi) is 7.31. The van der Waals surface area contributed by atoms with Crippen LogP contribution in [0.15, 0.2) is 52.9 Å². The second-order valence-electron chi connectivity index (χ2n) is 5.93. The van der Waals surface area contributed by atoms with Gasteiger partial charge in [0.1, 0.15) is 11.6 Å². The van der Waals surface area contributed by atoms with E-state index in [1.165, 1.54) is 35.2 Å². The molecule has 6 nitrogen and oxygen atoms in total. The van der Waals surface area contributed by atoms with E-state index in [4.69, 9.17) is 4.74 Å². The molecule has 0 unspecified atom stereocenters. The van der Waals surface area contributed by atoms with E-state index in [1.807, 2.05) is 0 Å². The Morgan fingerprint density at radius 1 is 1.10 bits per heavy atom. The van der Waals surface area contributed by atoms with Gasteiger partial charge in [0.25, 0.3) is 5.91 Å². The number of hydrogen-bond donors (Lipinski definition) is 1. The summed E-state index contributed by atoms with van der Waals surface area (Å²) in [5.74, 6) is 0.555. The van der Waals surface area contributed by atoms with Crippen LogP contribution >= 0.6 is 23.1 Å². The van der Waals surface area contributed by atoms with Crippen molar-refractivity contribution < 1.29 is 18.7 Å². The number of thioether (sulfide) groups is 1. The van der Waals surface area contributed by atoms with Crippen LogP contribution < -0.4 is 10.1 Å². The van der Waals surface area contributed by atoms with Gasteiger partial charge >= 0.3 is 0 Å². The summed E-state index contributed by atoms with van der Waals surface area (Å²) in [4.78, 5) is 23.6. The van der Waals surface area contributed by atoms with Crippen molar-refractivity contribution in [2.24, 2.45) is 0 Å². The molecule has 0 saturated carbocycles. The number of benzene rings is 2. The number of ether oxygens (including phenoxy) is 1. The highest BCUT2D eigenvalue weighted by atomic mass is 32.2. The first-order chi connectivity index (χ1) is 14.0. The molecule has 3 aromatic rings. The SMILES string of the molecule is CCC(=O)c1ccc(OCC(=O)Nc2nnc(SCc3ccc(F)cc3)s2)cc1. The van der Waals surface area contributed by atoms with E-state index in [1.54, 1.807) is 43.3 Å². The van der Waals surface area contributed by atoms with Crippen LogP contribution in [0.1, 0.15) is 29.3 Å². The van der Waals surface area contributed by atoms with Crippen molar-refractivity contribution in [2.45, 2.75) is 23.4 Å². The summed E-state index contributed by atoms with van der Waals surface area (Å²) < 4.78 is 19.0. The molecule has 0 bridgehead atoms. The van der Waals surface area contributed by atoms with Crippen molar-refractivity contribution in [2.75, 3.05) is 11.9 Å². The minimum Gasteiger partial charge on any atom is -0.484 e. The Balaban J connectivity index is 1.45. The lowest BCUT2D eigenvalue weighted by atomic mass is 10.1. The first-order valence-electron chi connectivity index (χ1n) is 8.80. The average Bonchev–Trinajstić information content (AvgIpc) is 3.19. The number of amides is 1. The molecule has 1 heterocycles. The van der Waals surface area contributed by atoms with E-state index in [-0.39, 0.29) is 24.1 Å². The molecule has 1 amide bonds. The predicted molar refractivity (Wildman–Crippen MR) is 111 cm³/mol. The van der Waals surface area contributed by atoms with Gasteiger partial charge in [0.2, 0.25) is 5.13 Å². The Bertz CT molecular complexity index is 975. The topological polar surface area (TPSA) is 81.2 Å². The quantitative estimate of drug-likeness (QED) is 0.303. The molecule has 0 fully saturated rings. The van der Waals surface area contributed by atoms with Crippen molar-refractivity contribution in [3.05, 3.63) is 65.5 Å². The molecule has 0 atom stereocenters. The molecule has 9 heteroatoms. The Labute approximate surface area is 175 Å². The largest absolute Gasteiger partial charge is 0.484 e. The molecule has 1 aromatic heterocycles. The number of hydrogen-bond acceptors (Lipinski definition) is 7. The number of nitrogens with one attached hydrogen (secondary N) is 1. The van der Waals surface area contributed by atoms with Crippen molar-refractivity contribution >= 4 is 39.9 Å². The number of anilines is 1. The van der Waals surface area contributed by atoms with Gasteiger partial charge in [-0.05, 0) is 42.0 Å². The minimum absolute atomic E-state index is 0.0543. The van der Waals surface area contributed by atoms with Crippen molar-refractivity contribution in [3.8, 4) is 5.75 Å². The summed E-state index contributed by atoms with van der Waals surface area (Å²) in [7, 11) is 0. The number of rotatable bonds is 9. The molecular weight excluding hydrogens is 413 g/mol. The third kappa shape index (κ3) is 6.37. The zero-order chi connectivity index (χ0) is 20.6. The van der Waals surface area contributed by atoms with E-state index in [9.17, 15) is 14.0 Å². The minimum atomic E-state index is -0.357. The van der Waals surface area contributed by atoms with Gasteiger partial charge in [0.15, 0.2) is 16.7 Å². The Morgan fingerprint density at radius 3 is 2.52 bits per heavy atom. The fourth-order valence-electron chi connectivity index (χ4n) is 2.29. The van der Waals surface area contributed by atoms with Gasteiger partial charge in [-0.3, -0.25) is 14.9 Å². The Hall–Kier alpha value is -2.78. The lowest BCUT2D eigenvalue weighted by Gasteiger charge is -2.06. The fourth-order valence-corrected chi connectivity index (χ4v) is 4.01. The lowest BCUT2D eigenvalue weighted by molar-refractivity contribution is -0.118. The monoisotopic (exact) mass is 431 g/mol. The molecule has 29 heavy (non-hydrogen) atoms. The van der Waals surface area contributed by atoms with Crippen LogP contribution in [-0.4, -0.2) is 28.5 Å². The van der Waals surface area contributed by atoms with Gasteiger partial charge < -0.3 is 4.74 Å². The third-order valence-corrected chi connectivity index (χ3v) is 5.84. The molecule has 0 spiro atoms. The second kappa shape index (κ2) is 10.1. The number of carbonyl (C=O) groups excluding carboxylic acids is 2. The molecule has 3 rings (SSSR count). The van der Waals surface area contributed by atoms with Crippen LogP contribution in [0.3, 0.4) is 0 Å². The molecule has 0 aliphatic carbocycles. The number of nitrogens with zero attached hydrogens (tertiary/aromatic N) is 2. The smallest absolute Gasteiger partial charge is 0.264 e. The molecule has 0 aliphatic heterocycles. The maximum absolute atomic E-state index is 12.9. The summed E-state index contributed by atoms with van der Waals surface area (Å²) in [6, 6.07) is 12.9. The predicted octanol–water partition coefficient (Wildman–Crippen LogP) is 4.58. The maximum atomic E-state index is 12.9. The number of aromatic nitrogens is 2. The second-order valence-corrected chi connectivity index (χ2v) is 8.13. The average molecular weight is 432 g/mol. The van der Waals surface area contributed by atoms with Crippen LogP contribution in [0, 0.1) is 5.82 Å². The molecule has 1 N–H and O–H groups in total. The van der Waals surface area contributed by atoms with Crippen LogP contribution in [-0.2, 0) is 10.5 Å². The van der Waals surface area contributed by atoms with Crippen molar-refractivity contribution in [1.29, 1.82) is 0 Å². The van der Waals surface area contributed by atoms with Gasteiger partial charge in [0, 0.05) is 17.7 Å². The van der Waals surface area contributed by atoms with Gasteiger partial charge in [-0.15, -0.1) is 10.2 Å². The molecular formula is C20H18FN3O3S2. The third-order valence-electron chi connectivity index (χ3n) is 3.80. The van der Waals surface area contributed by atoms with E-state index in [0.29, 0.717) is 33.0 Å². The van der Waals surface area contributed by atoms with Gasteiger partial charge in [-0.25, -0.2) is 4.39 Å². The highest BCUT2D eigenvalue weighted by molar-refractivity contribution is 8.00. The van der Waals surface area contributed by atoms with E-state index in [2.05, 4.69) is 15.5 Å². The summed E-state index contributed by atoms with van der Waals surface area (Å²) in [5.41, 5.74) is 1.58. The summed E-state index contributed by atoms with van der Waals surface area (Å²) in [6.07, 6.45) is 0.439. The first-order valence-corrected chi connectivity index (χ1v) is 10.6. The van der Waals surface area contributed by atoms with Crippen LogP contribution in [0.2, 0.25) is 0 Å². The summed E-state index contributed by atoms with van der Waals surface area (Å²) in [6.45, 7) is 1.62. The van der Waals surface area contributed by atoms with Crippen LogP contribution in [0.4, 0.5) is 9.52 Å². The van der Waals surface area contributed by atoms with Gasteiger partial charge in [0.05, 0.1) is 0 Å². The summed E-state index contributed by atoms with van der Waals surface area (Å²) in [5, 5.41) is 11.0. The number of Topliss-reactive ketones (excluding diaryl/α,β-unsaturated/α-hetero) is 1. The van der Waals surface area contributed by atoms with E-state index in [0.717, 1.165) is 5.56 Å². The summed E-state index contributed by atoms with van der Waals surface area (Å²) >= 11 is 2.71. The lowest BCUT2D eigenvalue weighted by Crippen LogP contribution is -2.20. The molecule has 2 aromatic carbocycles. The van der Waals surface area contributed by atoms with Crippen LogP contribution in [0.25, 0.3) is 0 Å². The maximum Gasteiger partial charge on any atom is 0.264 e. The highest BCUT2D eigenvalue weighted by Crippen LogP contribution is 2.28. The fraction of sp³-hybridized carbons (Fsp3) is 0.200. The molecule has 0 radical (unpaired) electrons. The number of halogens is 1. The molecule has 150 valence electrons. The standard InChI is InChI=1S/C20H18FN3O3S2/c1-2-17(25)14-5-9-16(10-6-14)27-11-18(26)22-19-23-24-20(29-19)28-12-13-3-7-15(21)8-4-13/h3-10H,2,11-12H2,1H3,(H,22,23,26). The zero-order valence-electron chi connectivity index (χ0n) is 15.6. The number of carbonyl (C=O) groups is 2. The van der Waals surface area contributed by atoms with Gasteiger partial charge in [-0.2, -0.15) is 0 Å².